The Morgan fingerprint density at radius 3 is 2.69 bits per heavy atom. The van der Waals surface area contributed by atoms with Gasteiger partial charge >= 0.3 is 0 Å². The van der Waals surface area contributed by atoms with Crippen LogP contribution in [0.5, 0.6) is 5.75 Å². The molecule has 32 heavy (non-hydrogen) atoms. The molecule has 1 atom stereocenters. The summed E-state index contributed by atoms with van der Waals surface area (Å²) in [5, 5.41) is 0.870. The Morgan fingerprint density at radius 2 is 1.97 bits per heavy atom. The first kappa shape index (κ1) is 22.4. The molecule has 168 valence electrons. The van der Waals surface area contributed by atoms with Crippen LogP contribution in [0.1, 0.15) is 46.6 Å². The van der Waals surface area contributed by atoms with E-state index in [4.69, 9.17) is 20.8 Å². The van der Waals surface area contributed by atoms with Gasteiger partial charge in [-0.05, 0) is 62.8 Å². The van der Waals surface area contributed by atoms with E-state index in [1.807, 2.05) is 57.1 Å². The number of carbonyl (C=O) groups is 1. The summed E-state index contributed by atoms with van der Waals surface area (Å²) >= 11 is 6.30. The second-order valence-corrected chi connectivity index (χ2v) is 8.80. The number of ether oxygens (including phenoxy) is 1. The molecule has 1 aliphatic heterocycles. The van der Waals surface area contributed by atoms with Gasteiger partial charge in [-0.15, -0.1) is 0 Å². The van der Waals surface area contributed by atoms with Crippen molar-refractivity contribution < 1.29 is 13.9 Å². The number of carbonyl (C=O) groups excluding carboxylic acids is 1. The number of nitrogens with zero attached hydrogens (tertiary/aromatic N) is 2. The Bertz CT molecular complexity index is 1230. The number of aryl methyl sites for hydroxylation is 1. The summed E-state index contributed by atoms with van der Waals surface area (Å²) < 4.78 is 11.8. The summed E-state index contributed by atoms with van der Waals surface area (Å²) in [6, 6.07) is 10.4. The van der Waals surface area contributed by atoms with Gasteiger partial charge in [0.25, 0.3) is 5.91 Å². The van der Waals surface area contributed by atoms with Crippen molar-refractivity contribution >= 4 is 28.5 Å². The molecule has 0 radical (unpaired) electrons. The summed E-state index contributed by atoms with van der Waals surface area (Å²) in [6.07, 6.45) is 0.889. The van der Waals surface area contributed by atoms with Crippen molar-refractivity contribution in [1.82, 2.24) is 9.80 Å². The first-order valence-corrected chi connectivity index (χ1v) is 11.1. The molecular formula is C25H27ClN2O4. The molecule has 0 fully saturated rings. The Morgan fingerprint density at radius 1 is 1.19 bits per heavy atom. The second kappa shape index (κ2) is 8.96. The van der Waals surface area contributed by atoms with Crippen molar-refractivity contribution in [3.63, 3.8) is 0 Å². The highest BCUT2D eigenvalue weighted by atomic mass is 35.5. The van der Waals surface area contributed by atoms with Gasteiger partial charge in [0, 0.05) is 18.1 Å². The molecule has 0 saturated heterocycles. The summed E-state index contributed by atoms with van der Waals surface area (Å²) in [7, 11) is 3.90. The van der Waals surface area contributed by atoms with Gasteiger partial charge in [-0.3, -0.25) is 9.59 Å². The molecule has 1 aromatic heterocycles. The molecule has 1 amide bonds. The maximum Gasteiger partial charge on any atom is 0.290 e. The highest BCUT2D eigenvalue weighted by Gasteiger charge is 2.42. The third-order valence-electron chi connectivity index (χ3n) is 5.68. The van der Waals surface area contributed by atoms with Crippen LogP contribution in [0.4, 0.5) is 0 Å². The van der Waals surface area contributed by atoms with Crippen LogP contribution in [-0.2, 0) is 0 Å². The van der Waals surface area contributed by atoms with Crippen molar-refractivity contribution in [1.29, 1.82) is 0 Å². The molecule has 1 unspecified atom stereocenters. The van der Waals surface area contributed by atoms with Gasteiger partial charge < -0.3 is 19.0 Å². The van der Waals surface area contributed by atoms with E-state index in [0.29, 0.717) is 47.0 Å². The smallest absolute Gasteiger partial charge is 0.290 e. The number of amides is 1. The maximum absolute atomic E-state index is 13.6. The highest BCUT2D eigenvalue weighted by Crippen LogP contribution is 2.39. The fourth-order valence-corrected chi connectivity index (χ4v) is 4.18. The van der Waals surface area contributed by atoms with E-state index in [0.717, 1.165) is 17.5 Å². The summed E-state index contributed by atoms with van der Waals surface area (Å²) in [4.78, 5) is 30.7. The average molecular weight is 455 g/mol. The van der Waals surface area contributed by atoms with Crippen LogP contribution in [0, 0.1) is 6.92 Å². The number of likely N-dealkylation sites (N-methyl/N-ethyl adjacent to an activating group) is 1. The second-order valence-electron chi connectivity index (χ2n) is 8.40. The molecule has 0 aliphatic carbocycles. The predicted octanol–water partition coefficient (Wildman–Crippen LogP) is 4.65. The van der Waals surface area contributed by atoms with Gasteiger partial charge in [0.1, 0.15) is 11.3 Å². The van der Waals surface area contributed by atoms with Crippen molar-refractivity contribution in [2.24, 2.45) is 0 Å². The van der Waals surface area contributed by atoms with Crippen molar-refractivity contribution in [2.75, 3.05) is 33.8 Å². The molecule has 0 bridgehead atoms. The van der Waals surface area contributed by atoms with Gasteiger partial charge in [0.2, 0.25) is 5.76 Å². The summed E-state index contributed by atoms with van der Waals surface area (Å²) in [6.45, 7) is 5.59. The molecule has 0 spiro atoms. The zero-order valence-corrected chi connectivity index (χ0v) is 19.5. The van der Waals surface area contributed by atoms with Crippen LogP contribution in [0.3, 0.4) is 0 Å². The number of rotatable bonds is 7. The molecule has 7 heteroatoms. The van der Waals surface area contributed by atoms with Gasteiger partial charge in [-0.25, -0.2) is 0 Å². The van der Waals surface area contributed by atoms with Crippen LogP contribution in [0.25, 0.3) is 11.0 Å². The molecule has 6 nitrogen and oxygen atoms in total. The lowest BCUT2D eigenvalue weighted by Crippen LogP contribution is -2.35. The number of hydrogen-bond donors (Lipinski definition) is 0. The van der Waals surface area contributed by atoms with Crippen LogP contribution in [0.2, 0.25) is 5.02 Å². The van der Waals surface area contributed by atoms with Crippen molar-refractivity contribution in [2.45, 2.75) is 26.3 Å². The van der Waals surface area contributed by atoms with Crippen LogP contribution in [0.15, 0.2) is 45.6 Å². The summed E-state index contributed by atoms with van der Waals surface area (Å²) in [5.41, 5.74) is 2.10. The molecular weight excluding hydrogens is 428 g/mol. The van der Waals surface area contributed by atoms with Gasteiger partial charge in [-0.1, -0.05) is 30.7 Å². The van der Waals surface area contributed by atoms with E-state index in [1.54, 1.807) is 17.0 Å². The van der Waals surface area contributed by atoms with Crippen LogP contribution >= 0.6 is 11.6 Å². The zero-order chi connectivity index (χ0) is 23.0. The van der Waals surface area contributed by atoms with E-state index in [-0.39, 0.29) is 17.1 Å². The molecule has 0 saturated carbocycles. The minimum atomic E-state index is -0.552. The standard InChI is InChI=1S/C25H27ClN2O4/c1-5-11-31-17-8-6-7-16(13-17)22-21-23(29)18-14-19(26)15(2)12-20(18)32-24(21)25(30)28(22)10-9-27(3)4/h6-8,12-14,22H,5,9-11H2,1-4H3. The molecule has 0 N–H and O–H groups in total. The monoisotopic (exact) mass is 454 g/mol. The highest BCUT2D eigenvalue weighted by molar-refractivity contribution is 6.32. The number of benzene rings is 2. The van der Waals surface area contributed by atoms with Crippen LogP contribution in [-0.4, -0.2) is 49.5 Å². The van der Waals surface area contributed by atoms with Gasteiger partial charge in [-0.2, -0.15) is 0 Å². The normalized spacial score (nSPS) is 15.6. The number of fused-ring (bicyclic) bond motifs is 2. The molecule has 2 heterocycles. The van der Waals surface area contributed by atoms with E-state index in [9.17, 15) is 9.59 Å². The topological polar surface area (TPSA) is 63.0 Å². The molecule has 3 aromatic rings. The van der Waals surface area contributed by atoms with E-state index in [2.05, 4.69) is 0 Å². The zero-order valence-electron chi connectivity index (χ0n) is 18.8. The Kier molecular flexibility index (Phi) is 6.26. The van der Waals surface area contributed by atoms with Gasteiger partial charge in [0.05, 0.1) is 23.6 Å². The number of hydrogen-bond acceptors (Lipinski definition) is 5. The Hall–Kier alpha value is -2.83. The first-order chi connectivity index (χ1) is 15.3. The Labute approximate surface area is 192 Å². The fraction of sp³-hybridized carbons (Fsp3) is 0.360. The third kappa shape index (κ3) is 4.00. The quantitative estimate of drug-likeness (QED) is 0.520. The largest absolute Gasteiger partial charge is 0.494 e. The van der Waals surface area contributed by atoms with Crippen molar-refractivity contribution in [3.05, 3.63) is 74.1 Å². The van der Waals surface area contributed by atoms with Gasteiger partial charge in [0.15, 0.2) is 5.43 Å². The average Bonchev–Trinajstić information content (AvgIpc) is 3.04. The van der Waals surface area contributed by atoms with E-state index >= 15 is 0 Å². The Balaban J connectivity index is 1.90. The lowest BCUT2D eigenvalue weighted by atomic mass is 9.98. The molecule has 2 aromatic carbocycles. The number of halogens is 1. The van der Waals surface area contributed by atoms with E-state index in [1.165, 1.54) is 0 Å². The minimum absolute atomic E-state index is 0.104. The van der Waals surface area contributed by atoms with Crippen LogP contribution < -0.4 is 10.2 Å². The lowest BCUT2D eigenvalue weighted by molar-refractivity contribution is 0.0716. The molecule has 4 rings (SSSR count). The maximum atomic E-state index is 13.6. The predicted molar refractivity (Wildman–Crippen MR) is 126 cm³/mol. The lowest BCUT2D eigenvalue weighted by Gasteiger charge is -2.26. The third-order valence-corrected chi connectivity index (χ3v) is 6.09. The van der Waals surface area contributed by atoms with E-state index < -0.39 is 6.04 Å². The minimum Gasteiger partial charge on any atom is -0.494 e. The SMILES string of the molecule is CCCOc1cccc(C2c3c(oc4cc(C)c(Cl)cc4c3=O)C(=O)N2CCN(C)C)c1. The summed E-state index contributed by atoms with van der Waals surface area (Å²) in [5.74, 6) is 0.535. The molecule has 1 aliphatic rings. The van der Waals surface area contributed by atoms with Crippen molar-refractivity contribution in [3.8, 4) is 5.75 Å². The fourth-order valence-electron chi connectivity index (χ4n) is 4.02. The first-order valence-electron chi connectivity index (χ1n) is 10.8.